The Hall–Kier alpha value is -4.00. The number of rotatable bonds is 9. The van der Waals surface area contributed by atoms with E-state index in [4.69, 9.17) is 19.2 Å². The Labute approximate surface area is 204 Å². The van der Waals surface area contributed by atoms with Crippen molar-refractivity contribution >= 4 is 22.6 Å². The van der Waals surface area contributed by atoms with Crippen LogP contribution in [0.5, 0.6) is 17.2 Å². The summed E-state index contributed by atoms with van der Waals surface area (Å²) in [6.07, 6.45) is 1.25. The van der Waals surface area contributed by atoms with Crippen LogP contribution in [0.2, 0.25) is 0 Å². The number of anilines is 1. The molecule has 0 radical (unpaired) electrons. The van der Waals surface area contributed by atoms with E-state index < -0.39 is 0 Å². The summed E-state index contributed by atoms with van der Waals surface area (Å²) >= 11 is 0. The summed E-state index contributed by atoms with van der Waals surface area (Å²) in [6, 6.07) is 23.4. The number of nitrogens with zero attached hydrogens (tertiary/aromatic N) is 3. The molecule has 0 saturated carbocycles. The molecule has 1 saturated heterocycles. The lowest BCUT2D eigenvalue weighted by Crippen LogP contribution is -2.24. The molecule has 3 aromatic carbocycles. The number of fused-ring (bicyclic) bond motifs is 1. The summed E-state index contributed by atoms with van der Waals surface area (Å²) in [5.74, 6) is 3.43. The van der Waals surface area contributed by atoms with Gasteiger partial charge in [-0.15, -0.1) is 0 Å². The zero-order chi connectivity index (χ0) is 24.2. The quantitative estimate of drug-likeness (QED) is 0.320. The topological polar surface area (TPSA) is 65.8 Å². The van der Waals surface area contributed by atoms with Gasteiger partial charge in [-0.25, -0.2) is 4.98 Å². The highest BCUT2D eigenvalue weighted by molar-refractivity contribution is 5.96. The highest BCUT2D eigenvalue weighted by Crippen LogP contribution is 2.34. The molecule has 2 heterocycles. The molecule has 180 valence electrons. The highest BCUT2D eigenvalue weighted by atomic mass is 16.5. The van der Waals surface area contributed by atoms with E-state index in [1.165, 1.54) is 0 Å². The van der Waals surface area contributed by atoms with Crippen molar-refractivity contribution in [3.8, 4) is 17.2 Å². The number of amides is 1. The largest absolute Gasteiger partial charge is 0.497 e. The summed E-state index contributed by atoms with van der Waals surface area (Å²) in [5.41, 5.74) is 2.89. The van der Waals surface area contributed by atoms with Crippen molar-refractivity contribution in [2.75, 3.05) is 32.3 Å². The summed E-state index contributed by atoms with van der Waals surface area (Å²) in [6.45, 7) is 1.94. The number of benzene rings is 3. The molecular weight excluding hydrogens is 442 g/mol. The highest BCUT2D eigenvalue weighted by Gasteiger charge is 2.35. The van der Waals surface area contributed by atoms with Gasteiger partial charge in [0.25, 0.3) is 0 Å². The average Bonchev–Trinajstić information content (AvgIpc) is 3.47. The molecule has 5 rings (SSSR count). The first kappa shape index (κ1) is 22.8. The van der Waals surface area contributed by atoms with Crippen LogP contribution in [0.1, 0.15) is 24.6 Å². The van der Waals surface area contributed by atoms with Gasteiger partial charge in [0.05, 0.1) is 31.9 Å². The number of carbonyl (C=O) groups is 1. The van der Waals surface area contributed by atoms with Gasteiger partial charge in [-0.2, -0.15) is 0 Å². The van der Waals surface area contributed by atoms with E-state index in [-0.39, 0.29) is 11.8 Å². The summed E-state index contributed by atoms with van der Waals surface area (Å²) in [5, 5.41) is 0. The second-order valence-electron chi connectivity index (χ2n) is 8.59. The van der Waals surface area contributed by atoms with Crippen LogP contribution in [-0.2, 0) is 11.3 Å². The van der Waals surface area contributed by atoms with Crippen molar-refractivity contribution in [1.82, 2.24) is 9.55 Å². The molecule has 1 fully saturated rings. The third-order valence-electron chi connectivity index (χ3n) is 6.39. The molecular formula is C28H29N3O4. The maximum atomic E-state index is 13.0. The van der Waals surface area contributed by atoms with Crippen LogP contribution in [-0.4, -0.2) is 42.8 Å². The number of imidazole rings is 1. The molecule has 7 heteroatoms. The second-order valence-corrected chi connectivity index (χ2v) is 8.59. The molecule has 7 nitrogen and oxygen atoms in total. The van der Waals surface area contributed by atoms with Gasteiger partial charge in [0.15, 0.2) is 0 Å². The molecule has 0 spiro atoms. The number of ether oxygens (including phenoxy) is 3. The normalized spacial score (nSPS) is 15.5. The van der Waals surface area contributed by atoms with Gasteiger partial charge in [-0.3, -0.25) is 4.79 Å². The molecule has 1 amide bonds. The monoisotopic (exact) mass is 471 g/mol. The number of hydrogen-bond donors (Lipinski definition) is 0. The van der Waals surface area contributed by atoms with E-state index in [2.05, 4.69) is 10.6 Å². The maximum absolute atomic E-state index is 13.0. The molecule has 1 aliphatic heterocycles. The summed E-state index contributed by atoms with van der Waals surface area (Å²) < 4.78 is 18.7. The Bertz CT molecular complexity index is 1320. The molecule has 1 aliphatic rings. The van der Waals surface area contributed by atoms with Gasteiger partial charge in [0.1, 0.15) is 23.1 Å². The van der Waals surface area contributed by atoms with Gasteiger partial charge < -0.3 is 23.7 Å². The third-order valence-corrected chi connectivity index (χ3v) is 6.39. The number of hydrogen-bond acceptors (Lipinski definition) is 5. The van der Waals surface area contributed by atoms with Crippen molar-refractivity contribution in [2.45, 2.75) is 25.3 Å². The molecule has 0 aliphatic carbocycles. The maximum Gasteiger partial charge on any atom is 0.227 e. The number of carbonyl (C=O) groups excluding carboxylic acids is 1. The van der Waals surface area contributed by atoms with Crippen LogP contribution < -0.4 is 19.1 Å². The fraction of sp³-hybridized carbons (Fsp3) is 0.286. The van der Waals surface area contributed by atoms with Crippen molar-refractivity contribution in [1.29, 1.82) is 0 Å². The second kappa shape index (κ2) is 10.1. The zero-order valence-electron chi connectivity index (χ0n) is 20.0. The molecule has 1 aromatic heterocycles. The van der Waals surface area contributed by atoms with E-state index >= 15 is 0 Å². The van der Waals surface area contributed by atoms with E-state index in [0.29, 0.717) is 19.6 Å². The summed E-state index contributed by atoms with van der Waals surface area (Å²) in [7, 11) is 3.28. The minimum atomic E-state index is 0.0172. The zero-order valence-corrected chi connectivity index (χ0v) is 20.0. The Morgan fingerprint density at radius 2 is 1.69 bits per heavy atom. The Morgan fingerprint density at radius 1 is 0.914 bits per heavy atom. The van der Waals surface area contributed by atoms with Crippen LogP contribution in [0, 0.1) is 0 Å². The van der Waals surface area contributed by atoms with Crippen molar-refractivity contribution in [3.63, 3.8) is 0 Å². The first-order valence-corrected chi connectivity index (χ1v) is 11.8. The lowest BCUT2D eigenvalue weighted by Gasteiger charge is -2.18. The SMILES string of the molecule is COc1ccc(OCCCn2c(C3CC(=O)N(c4cccc(OC)c4)C3)nc3ccccc32)cc1. The smallest absolute Gasteiger partial charge is 0.227 e. The molecule has 1 atom stereocenters. The van der Waals surface area contributed by atoms with Crippen molar-refractivity contribution in [3.05, 3.63) is 78.6 Å². The van der Waals surface area contributed by atoms with Crippen molar-refractivity contribution < 1.29 is 19.0 Å². The number of aryl methyl sites for hydroxylation is 1. The molecule has 4 aromatic rings. The van der Waals surface area contributed by atoms with Gasteiger partial charge in [-0.05, 0) is 55.0 Å². The Morgan fingerprint density at radius 3 is 2.49 bits per heavy atom. The van der Waals surface area contributed by atoms with Gasteiger partial charge in [-0.1, -0.05) is 18.2 Å². The predicted molar refractivity (Wildman–Crippen MR) is 136 cm³/mol. The molecule has 35 heavy (non-hydrogen) atoms. The van der Waals surface area contributed by atoms with E-state index in [0.717, 1.165) is 52.8 Å². The van der Waals surface area contributed by atoms with Crippen LogP contribution in [0.15, 0.2) is 72.8 Å². The predicted octanol–water partition coefficient (Wildman–Crippen LogP) is 5.04. The lowest BCUT2D eigenvalue weighted by atomic mass is 10.1. The molecule has 0 N–H and O–H groups in total. The van der Waals surface area contributed by atoms with Crippen LogP contribution >= 0.6 is 0 Å². The van der Waals surface area contributed by atoms with E-state index in [9.17, 15) is 4.79 Å². The standard InChI is InChI=1S/C28H29N3O4/c1-33-22-11-13-23(14-12-22)35-16-6-15-30-26-10-4-3-9-25(26)29-28(30)20-17-27(32)31(19-20)21-7-5-8-24(18-21)34-2/h3-5,7-14,18,20H,6,15-17,19H2,1-2H3. The van der Waals surface area contributed by atoms with Crippen LogP contribution in [0.25, 0.3) is 11.0 Å². The summed E-state index contributed by atoms with van der Waals surface area (Å²) in [4.78, 5) is 19.8. The van der Waals surface area contributed by atoms with Gasteiger partial charge in [0, 0.05) is 37.2 Å². The number of methoxy groups -OCH3 is 2. The number of aromatic nitrogens is 2. The molecule has 1 unspecified atom stereocenters. The third kappa shape index (κ3) is 4.80. The van der Waals surface area contributed by atoms with Crippen LogP contribution in [0.4, 0.5) is 5.69 Å². The van der Waals surface area contributed by atoms with E-state index in [1.807, 2.05) is 71.6 Å². The fourth-order valence-corrected chi connectivity index (χ4v) is 4.63. The average molecular weight is 472 g/mol. The first-order valence-electron chi connectivity index (χ1n) is 11.8. The molecule has 0 bridgehead atoms. The Kier molecular flexibility index (Phi) is 6.57. The minimum Gasteiger partial charge on any atom is -0.497 e. The first-order chi connectivity index (χ1) is 17.2. The van der Waals surface area contributed by atoms with Gasteiger partial charge >= 0.3 is 0 Å². The lowest BCUT2D eigenvalue weighted by molar-refractivity contribution is -0.117. The van der Waals surface area contributed by atoms with Crippen LogP contribution in [0.3, 0.4) is 0 Å². The fourth-order valence-electron chi connectivity index (χ4n) is 4.63. The van der Waals surface area contributed by atoms with Gasteiger partial charge in [0.2, 0.25) is 5.91 Å². The van der Waals surface area contributed by atoms with E-state index in [1.54, 1.807) is 14.2 Å². The minimum absolute atomic E-state index is 0.0172. The number of para-hydroxylation sites is 2. The van der Waals surface area contributed by atoms with Crippen molar-refractivity contribution in [2.24, 2.45) is 0 Å². The Balaban J connectivity index is 1.32.